The first-order valence-corrected chi connectivity index (χ1v) is 11.7. The van der Waals surface area contributed by atoms with Crippen LogP contribution >= 0.6 is 34.8 Å². The van der Waals surface area contributed by atoms with Crippen LogP contribution in [0, 0.1) is 0 Å². The summed E-state index contributed by atoms with van der Waals surface area (Å²) in [7, 11) is 0. The first-order valence-electron chi connectivity index (χ1n) is 10.6. The van der Waals surface area contributed by atoms with Crippen LogP contribution in [0.25, 0.3) is 5.83 Å². The van der Waals surface area contributed by atoms with E-state index in [1.54, 1.807) is 30.3 Å². The molecule has 0 heterocycles. The van der Waals surface area contributed by atoms with E-state index in [9.17, 15) is 35.5 Å². The van der Waals surface area contributed by atoms with E-state index in [4.69, 9.17) is 34.8 Å². The van der Waals surface area contributed by atoms with Gasteiger partial charge in [0, 0.05) is 12.1 Å². The number of benzene rings is 3. The van der Waals surface area contributed by atoms with E-state index in [2.05, 4.69) is 10.9 Å². The lowest BCUT2D eigenvalue weighted by molar-refractivity contribution is -0.140. The number of alkyl halides is 6. The molecule has 0 aromatic heterocycles. The van der Waals surface area contributed by atoms with Crippen LogP contribution < -0.4 is 10.9 Å². The first-order chi connectivity index (χ1) is 17.7. The van der Waals surface area contributed by atoms with Crippen LogP contribution in [0.2, 0.25) is 15.1 Å². The van der Waals surface area contributed by atoms with Crippen LogP contribution in [-0.2, 0) is 12.7 Å². The molecular formula is C25H16Cl3F7N2O. The second-order valence-electron chi connectivity index (χ2n) is 7.88. The number of carbonyl (C=O) groups is 1. The van der Waals surface area contributed by atoms with Gasteiger partial charge in [-0.2, -0.15) is 26.3 Å². The Morgan fingerprint density at radius 3 is 2.05 bits per heavy atom. The highest BCUT2D eigenvalue weighted by Crippen LogP contribution is 2.42. The zero-order valence-corrected chi connectivity index (χ0v) is 21.1. The standard InChI is InChI=1S/C25H16Cl3F7N2O/c26-19-9-15(10-20(27)22(19)28)17(24(30,31)32)11-21(29)14-6-7-16(18(8-14)25(33,34)35)23(38)37-36-12-13-4-2-1-3-5-13/h1-11,17,36H,12H2,(H,37,38). The number of hydrogen-bond donors (Lipinski definition) is 2. The van der Waals surface area contributed by atoms with Gasteiger partial charge in [-0.1, -0.05) is 71.2 Å². The third-order valence-electron chi connectivity index (χ3n) is 5.21. The van der Waals surface area contributed by atoms with Crippen molar-refractivity contribution in [2.45, 2.75) is 24.8 Å². The second-order valence-corrected chi connectivity index (χ2v) is 9.08. The zero-order chi connectivity index (χ0) is 28.3. The molecule has 202 valence electrons. The molecule has 1 unspecified atom stereocenters. The average molecular weight is 600 g/mol. The minimum atomic E-state index is -5.12. The van der Waals surface area contributed by atoms with E-state index >= 15 is 0 Å². The Bertz CT molecular complexity index is 1320. The number of hydrogen-bond acceptors (Lipinski definition) is 2. The number of hydrazine groups is 1. The molecule has 0 radical (unpaired) electrons. The highest BCUT2D eigenvalue weighted by Gasteiger charge is 2.41. The number of rotatable bonds is 7. The maximum absolute atomic E-state index is 15.0. The molecule has 0 aliphatic heterocycles. The Kier molecular flexibility index (Phi) is 9.35. The van der Waals surface area contributed by atoms with Crippen LogP contribution in [0.1, 0.15) is 38.5 Å². The third-order valence-corrected chi connectivity index (χ3v) is 6.41. The van der Waals surface area contributed by atoms with Crippen molar-refractivity contribution in [1.82, 2.24) is 10.9 Å². The van der Waals surface area contributed by atoms with Crippen molar-refractivity contribution in [3.63, 3.8) is 0 Å². The van der Waals surface area contributed by atoms with Gasteiger partial charge in [0.05, 0.1) is 26.2 Å². The van der Waals surface area contributed by atoms with E-state index in [1.165, 1.54) is 0 Å². The SMILES string of the molecule is O=C(NNCc1ccccc1)c1ccc(C(F)=CC(c2cc(Cl)c(Cl)c(Cl)c2)C(F)(F)F)cc1C(F)(F)F. The summed E-state index contributed by atoms with van der Waals surface area (Å²) >= 11 is 17.3. The molecule has 1 amide bonds. The van der Waals surface area contributed by atoms with E-state index in [0.29, 0.717) is 6.07 Å². The summed E-state index contributed by atoms with van der Waals surface area (Å²) in [6.45, 7) is 0.0982. The monoisotopic (exact) mass is 598 g/mol. The highest BCUT2D eigenvalue weighted by atomic mass is 35.5. The van der Waals surface area contributed by atoms with Gasteiger partial charge in [-0.05, 0) is 41.5 Å². The lowest BCUT2D eigenvalue weighted by Gasteiger charge is -2.19. The number of nitrogens with one attached hydrogen (secondary N) is 2. The van der Waals surface area contributed by atoms with Gasteiger partial charge in [-0.15, -0.1) is 0 Å². The van der Waals surface area contributed by atoms with Crippen LogP contribution in [-0.4, -0.2) is 12.1 Å². The number of amides is 1. The number of halogens is 10. The summed E-state index contributed by atoms with van der Waals surface area (Å²) in [5, 5.41) is -0.870. The summed E-state index contributed by atoms with van der Waals surface area (Å²) < 4.78 is 97.4. The lowest BCUT2D eigenvalue weighted by atomic mass is 9.95. The lowest BCUT2D eigenvalue weighted by Crippen LogP contribution is -2.37. The molecule has 3 rings (SSSR count). The molecule has 0 fully saturated rings. The summed E-state index contributed by atoms with van der Waals surface area (Å²) in [6.07, 6.45) is -10.1. The molecule has 0 aliphatic carbocycles. The fraction of sp³-hybridized carbons (Fsp3) is 0.160. The van der Waals surface area contributed by atoms with E-state index < -0.39 is 52.3 Å². The fourth-order valence-corrected chi connectivity index (χ4v) is 4.01. The van der Waals surface area contributed by atoms with Crippen molar-refractivity contribution >= 4 is 46.5 Å². The molecular weight excluding hydrogens is 584 g/mol. The normalized spacial score (nSPS) is 13.4. The van der Waals surface area contributed by atoms with Gasteiger partial charge in [0.15, 0.2) is 0 Å². The third kappa shape index (κ3) is 7.41. The fourth-order valence-electron chi connectivity index (χ4n) is 3.39. The molecule has 0 saturated carbocycles. The maximum Gasteiger partial charge on any atom is 0.417 e. The minimum absolute atomic E-state index is 0.0898. The number of carbonyl (C=O) groups excluding carboxylic acids is 1. The van der Waals surface area contributed by atoms with Crippen LogP contribution in [0.4, 0.5) is 30.7 Å². The minimum Gasteiger partial charge on any atom is -0.287 e. The summed E-state index contributed by atoms with van der Waals surface area (Å²) in [4.78, 5) is 12.4. The van der Waals surface area contributed by atoms with Gasteiger partial charge in [0.2, 0.25) is 0 Å². The van der Waals surface area contributed by atoms with Crippen molar-refractivity contribution in [2.24, 2.45) is 0 Å². The Hall–Kier alpha value is -2.79. The molecule has 3 aromatic rings. The number of allylic oxidation sites excluding steroid dienone is 1. The van der Waals surface area contributed by atoms with Gasteiger partial charge in [-0.3, -0.25) is 10.2 Å². The first kappa shape index (κ1) is 29.8. The van der Waals surface area contributed by atoms with Crippen molar-refractivity contribution in [1.29, 1.82) is 0 Å². The van der Waals surface area contributed by atoms with Gasteiger partial charge in [0.25, 0.3) is 5.91 Å². The van der Waals surface area contributed by atoms with Crippen molar-refractivity contribution in [2.75, 3.05) is 0 Å². The van der Waals surface area contributed by atoms with Gasteiger partial charge in [0.1, 0.15) is 11.7 Å². The molecule has 3 nitrogen and oxygen atoms in total. The Morgan fingerprint density at radius 2 is 1.50 bits per heavy atom. The quantitative estimate of drug-likeness (QED) is 0.162. The largest absolute Gasteiger partial charge is 0.417 e. The Morgan fingerprint density at radius 1 is 0.895 bits per heavy atom. The van der Waals surface area contributed by atoms with Crippen molar-refractivity contribution < 1.29 is 35.5 Å². The molecule has 0 aliphatic rings. The van der Waals surface area contributed by atoms with Crippen LogP contribution in [0.15, 0.2) is 66.7 Å². The Labute approximate surface area is 227 Å². The molecule has 0 bridgehead atoms. The van der Waals surface area contributed by atoms with Crippen molar-refractivity contribution in [3.8, 4) is 0 Å². The van der Waals surface area contributed by atoms with Crippen molar-refractivity contribution in [3.05, 3.63) is 110 Å². The molecule has 3 aromatic carbocycles. The van der Waals surface area contributed by atoms with E-state index in [1.807, 2.05) is 0 Å². The predicted molar refractivity (Wildman–Crippen MR) is 132 cm³/mol. The zero-order valence-electron chi connectivity index (χ0n) is 18.8. The topological polar surface area (TPSA) is 41.1 Å². The van der Waals surface area contributed by atoms with Gasteiger partial charge < -0.3 is 0 Å². The van der Waals surface area contributed by atoms with E-state index in [0.717, 1.165) is 23.8 Å². The highest BCUT2D eigenvalue weighted by molar-refractivity contribution is 6.48. The van der Waals surface area contributed by atoms with E-state index in [-0.39, 0.29) is 33.8 Å². The Balaban J connectivity index is 1.93. The maximum atomic E-state index is 15.0. The average Bonchev–Trinajstić information content (AvgIpc) is 2.84. The van der Waals surface area contributed by atoms with Gasteiger partial charge >= 0.3 is 12.4 Å². The molecule has 0 saturated heterocycles. The molecule has 1 atom stereocenters. The summed E-state index contributed by atoms with van der Waals surface area (Å²) in [5.41, 5.74) is 1.51. The molecule has 13 heteroatoms. The predicted octanol–water partition coefficient (Wildman–Crippen LogP) is 8.76. The molecule has 2 N–H and O–H groups in total. The van der Waals surface area contributed by atoms with Gasteiger partial charge in [-0.25, -0.2) is 9.82 Å². The summed E-state index contributed by atoms with van der Waals surface area (Å²) in [6, 6.07) is 12.0. The summed E-state index contributed by atoms with van der Waals surface area (Å²) in [5.74, 6) is -5.41. The smallest absolute Gasteiger partial charge is 0.287 e. The molecule has 38 heavy (non-hydrogen) atoms. The van der Waals surface area contributed by atoms with Crippen LogP contribution in [0.5, 0.6) is 0 Å². The van der Waals surface area contributed by atoms with Crippen LogP contribution in [0.3, 0.4) is 0 Å². The second kappa shape index (κ2) is 11.9. The molecule has 0 spiro atoms.